The molecular formula is C17H15N3O. The second kappa shape index (κ2) is 5.54. The van der Waals surface area contributed by atoms with Crippen LogP contribution in [0.15, 0.2) is 66.9 Å². The van der Waals surface area contributed by atoms with Gasteiger partial charge in [0, 0.05) is 23.1 Å². The molecule has 3 rings (SSSR count). The Balaban J connectivity index is 1.91. The van der Waals surface area contributed by atoms with E-state index in [-0.39, 0.29) is 5.91 Å². The fourth-order valence-electron chi connectivity index (χ4n) is 2.19. The van der Waals surface area contributed by atoms with Crippen molar-refractivity contribution in [1.29, 1.82) is 0 Å². The molecule has 21 heavy (non-hydrogen) atoms. The van der Waals surface area contributed by atoms with Gasteiger partial charge < -0.3 is 16.0 Å². The van der Waals surface area contributed by atoms with E-state index in [9.17, 15) is 4.79 Å². The minimum atomic E-state index is -0.213. The molecule has 104 valence electrons. The first-order valence-corrected chi connectivity index (χ1v) is 6.64. The van der Waals surface area contributed by atoms with Crippen LogP contribution < -0.4 is 11.1 Å². The topological polar surface area (TPSA) is 70.9 Å². The number of anilines is 2. The second-order valence-corrected chi connectivity index (χ2v) is 4.71. The highest BCUT2D eigenvalue weighted by atomic mass is 16.1. The molecule has 0 unspecified atom stereocenters. The zero-order chi connectivity index (χ0) is 14.7. The van der Waals surface area contributed by atoms with Gasteiger partial charge >= 0.3 is 0 Å². The molecule has 0 atom stereocenters. The summed E-state index contributed by atoms with van der Waals surface area (Å²) in [6.45, 7) is 0. The largest absolute Gasteiger partial charge is 0.397 e. The van der Waals surface area contributed by atoms with Crippen molar-refractivity contribution < 1.29 is 4.79 Å². The van der Waals surface area contributed by atoms with Gasteiger partial charge in [0.2, 0.25) is 0 Å². The van der Waals surface area contributed by atoms with Crippen molar-refractivity contribution in [2.45, 2.75) is 0 Å². The summed E-state index contributed by atoms with van der Waals surface area (Å²) < 4.78 is 0. The van der Waals surface area contributed by atoms with Crippen molar-refractivity contribution in [1.82, 2.24) is 4.98 Å². The number of aromatic nitrogens is 1. The third-order valence-corrected chi connectivity index (χ3v) is 3.21. The van der Waals surface area contributed by atoms with E-state index in [1.54, 1.807) is 12.3 Å². The molecule has 1 heterocycles. The van der Waals surface area contributed by atoms with Gasteiger partial charge in [-0.3, -0.25) is 4.79 Å². The van der Waals surface area contributed by atoms with Crippen molar-refractivity contribution in [3.63, 3.8) is 0 Å². The fraction of sp³-hybridized carbons (Fsp3) is 0. The highest BCUT2D eigenvalue weighted by Crippen LogP contribution is 2.27. The van der Waals surface area contributed by atoms with Gasteiger partial charge in [0.1, 0.15) is 5.69 Å². The first kappa shape index (κ1) is 13.0. The quantitative estimate of drug-likeness (QED) is 0.685. The van der Waals surface area contributed by atoms with E-state index in [1.165, 1.54) is 0 Å². The predicted molar refractivity (Wildman–Crippen MR) is 85.0 cm³/mol. The van der Waals surface area contributed by atoms with Crippen LogP contribution in [-0.4, -0.2) is 10.9 Å². The molecule has 0 aliphatic heterocycles. The molecular weight excluding hydrogens is 262 g/mol. The maximum atomic E-state index is 12.2. The molecule has 4 N–H and O–H groups in total. The van der Waals surface area contributed by atoms with Crippen molar-refractivity contribution in [3.8, 4) is 11.1 Å². The Kier molecular flexibility index (Phi) is 3.43. The molecule has 0 saturated heterocycles. The smallest absolute Gasteiger partial charge is 0.272 e. The fourth-order valence-corrected chi connectivity index (χ4v) is 2.19. The zero-order valence-corrected chi connectivity index (χ0v) is 11.3. The average molecular weight is 277 g/mol. The lowest BCUT2D eigenvalue weighted by Gasteiger charge is -2.10. The normalized spacial score (nSPS) is 10.3. The predicted octanol–water partition coefficient (Wildman–Crippen LogP) is 3.52. The van der Waals surface area contributed by atoms with E-state index in [1.807, 2.05) is 54.6 Å². The Morgan fingerprint density at radius 3 is 2.43 bits per heavy atom. The summed E-state index contributed by atoms with van der Waals surface area (Å²) in [5, 5.41) is 2.91. The molecule has 2 aromatic carbocycles. The highest BCUT2D eigenvalue weighted by molar-refractivity contribution is 6.05. The number of nitrogens with two attached hydrogens (primary N) is 1. The summed E-state index contributed by atoms with van der Waals surface area (Å²) in [6.07, 6.45) is 1.60. The van der Waals surface area contributed by atoms with Crippen LogP contribution in [0, 0.1) is 0 Å². The van der Waals surface area contributed by atoms with Crippen LogP contribution >= 0.6 is 0 Å². The van der Waals surface area contributed by atoms with Crippen molar-refractivity contribution in [3.05, 3.63) is 72.6 Å². The Morgan fingerprint density at radius 2 is 1.71 bits per heavy atom. The number of H-pyrrole nitrogens is 1. The van der Waals surface area contributed by atoms with Gasteiger partial charge in [-0.1, -0.05) is 48.5 Å². The number of para-hydroxylation sites is 1. The van der Waals surface area contributed by atoms with Crippen molar-refractivity contribution in [2.75, 3.05) is 11.1 Å². The first-order valence-electron chi connectivity index (χ1n) is 6.64. The number of hydrogen-bond acceptors (Lipinski definition) is 2. The Hall–Kier alpha value is -3.01. The lowest BCUT2D eigenvalue weighted by molar-refractivity contribution is 0.102. The summed E-state index contributed by atoms with van der Waals surface area (Å²) in [4.78, 5) is 15.1. The SMILES string of the molecule is Nc1c[nH]c(C(=O)Nc2ccccc2-c2ccccc2)c1. The Labute approximate surface area is 122 Å². The summed E-state index contributed by atoms with van der Waals surface area (Å²) >= 11 is 0. The third kappa shape index (κ3) is 2.79. The number of nitrogen functional groups attached to an aromatic ring is 1. The van der Waals surface area contributed by atoms with Crippen molar-refractivity contribution >= 4 is 17.3 Å². The van der Waals surface area contributed by atoms with Crippen LogP contribution in [0.1, 0.15) is 10.5 Å². The number of amides is 1. The van der Waals surface area contributed by atoms with Crippen LogP contribution in [0.25, 0.3) is 11.1 Å². The standard InChI is InChI=1S/C17H15N3O/c18-13-10-16(19-11-13)17(21)20-15-9-5-4-8-14(15)12-6-2-1-3-7-12/h1-11,19H,18H2,(H,20,21). The maximum Gasteiger partial charge on any atom is 0.272 e. The number of aromatic amines is 1. The summed E-state index contributed by atoms with van der Waals surface area (Å²) in [5.74, 6) is -0.213. The molecule has 1 aromatic heterocycles. The lowest BCUT2D eigenvalue weighted by atomic mass is 10.0. The van der Waals surface area contributed by atoms with Gasteiger partial charge in [-0.2, -0.15) is 0 Å². The molecule has 0 radical (unpaired) electrons. The number of nitrogens with one attached hydrogen (secondary N) is 2. The third-order valence-electron chi connectivity index (χ3n) is 3.21. The number of carbonyl (C=O) groups is 1. The zero-order valence-electron chi connectivity index (χ0n) is 11.3. The van der Waals surface area contributed by atoms with Gasteiger partial charge in [0.15, 0.2) is 0 Å². The van der Waals surface area contributed by atoms with E-state index in [0.29, 0.717) is 11.4 Å². The molecule has 0 spiro atoms. The van der Waals surface area contributed by atoms with Crippen LogP contribution in [0.5, 0.6) is 0 Å². The van der Waals surface area contributed by atoms with Gasteiger partial charge in [-0.15, -0.1) is 0 Å². The molecule has 0 saturated carbocycles. The highest BCUT2D eigenvalue weighted by Gasteiger charge is 2.11. The number of hydrogen-bond donors (Lipinski definition) is 3. The number of carbonyl (C=O) groups excluding carboxylic acids is 1. The Morgan fingerprint density at radius 1 is 1.00 bits per heavy atom. The van der Waals surface area contributed by atoms with E-state index in [2.05, 4.69) is 10.3 Å². The minimum Gasteiger partial charge on any atom is -0.397 e. The first-order chi connectivity index (χ1) is 10.2. The number of benzene rings is 2. The average Bonchev–Trinajstić information content (AvgIpc) is 2.95. The molecule has 4 nitrogen and oxygen atoms in total. The van der Waals surface area contributed by atoms with Crippen molar-refractivity contribution in [2.24, 2.45) is 0 Å². The van der Waals surface area contributed by atoms with E-state index < -0.39 is 0 Å². The van der Waals surface area contributed by atoms with Gasteiger partial charge in [-0.25, -0.2) is 0 Å². The maximum absolute atomic E-state index is 12.2. The molecule has 0 aliphatic carbocycles. The van der Waals surface area contributed by atoms with E-state index in [4.69, 9.17) is 5.73 Å². The Bertz CT molecular complexity index is 762. The monoisotopic (exact) mass is 277 g/mol. The molecule has 3 aromatic rings. The number of rotatable bonds is 3. The van der Waals surface area contributed by atoms with Crippen LogP contribution in [0.4, 0.5) is 11.4 Å². The lowest BCUT2D eigenvalue weighted by Crippen LogP contribution is -2.12. The van der Waals surface area contributed by atoms with E-state index >= 15 is 0 Å². The molecule has 4 heteroatoms. The second-order valence-electron chi connectivity index (χ2n) is 4.71. The summed E-state index contributed by atoms with van der Waals surface area (Å²) in [7, 11) is 0. The van der Waals surface area contributed by atoms with Crippen LogP contribution in [0.3, 0.4) is 0 Å². The minimum absolute atomic E-state index is 0.213. The summed E-state index contributed by atoms with van der Waals surface area (Å²) in [5.41, 5.74) is 9.40. The summed E-state index contributed by atoms with van der Waals surface area (Å²) in [6, 6.07) is 19.2. The van der Waals surface area contributed by atoms with Crippen LogP contribution in [0.2, 0.25) is 0 Å². The van der Waals surface area contributed by atoms with Gasteiger partial charge in [0.25, 0.3) is 5.91 Å². The molecule has 0 aliphatic rings. The van der Waals surface area contributed by atoms with Crippen LogP contribution in [-0.2, 0) is 0 Å². The molecule has 1 amide bonds. The van der Waals surface area contributed by atoms with Gasteiger partial charge in [0.05, 0.1) is 0 Å². The molecule has 0 fully saturated rings. The van der Waals surface area contributed by atoms with Gasteiger partial charge in [-0.05, 0) is 17.7 Å². The van der Waals surface area contributed by atoms with E-state index in [0.717, 1.165) is 16.8 Å². The molecule has 0 bridgehead atoms.